The van der Waals surface area contributed by atoms with Crippen LogP contribution in [0.2, 0.25) is 0 Å². The van der Waals surface area contributed by atoms with Gasteiger partial charge in [0.2, 0.25) is 10.0 Å². The van der Waals surface area contributed by atoms with Crippen LogP contribution >= 0.6 is 0 Å². The molecule has 184 valence electrons. The van der Waals surface area contributed by atoms with E-state index in [0.29, 0.717) is 37.3 Å². The monoisotopic (exact) mass is 487 g/mol. The van der Waals surface area contributed by atoms with Gasteiger partial charge in [-0.15, -0.1) is 0 Å². The van der Waals surface area contributed by atoms with E-state index < -0.39 is 25.5 Å². The van der Waals surface area contributed by atoms with E-state index in [2.05, 4.69) is 45.4 Å². The molecule has 0 heterocycles. The Morgan fingerprint density at radius 3 is 2.00 bits per heavy atom. The molecule has 1 unspecified atom stereocenters. The maximum absolute atomic E-state index is 12.0. The molecule has 1 fully saturated rings. The van der Waals surface area contributed by atoms with Crippen molar-refractivity contribution >= 4 is 20.2 Å². The van der Waals surface area contributed by atoms with Crippen LogP contribution in [0.4, 0.5) is 0 Å². The fraction of sp³-hybridized carbons (Fsp3) is 0.739. The Bertz CT molecular complexity index is 905. The van der Waals surface area contributed by atoms with E-state index >= 15 is 0 Å². The highest BCUT2D eigenvalue weighted by Crippen LogP contribution is 2.38. The molecule has 0 spiro atoms. The highest BCUT2D eigenvalue weighted by atomic mass is 32.2. The fourth-order valence-electron chi connectivity index (χ4n) is 4.24. The zero-order valence-electron chi connectivity index (χ0n) is 20.1. The van der Waals surface area contributed by atoms with E-state index in [9.17, 15) is 16.8 Å². The second-order valence-electron chi connectivity index (χ2n) is 9.69. The van der Waals surface area contributed by atoms with Gasteiger partial charge in [0.15, 0.2) is 0 Å². The zero-order chi connectivity index (χ0) is 23.9. The van der Waals surface area contributed by atoms with Gasteiger partial charge in [-0.1, -0.05) is 31.2 Å². The minimum absolute atomic E-state index is 0.130. The zero-order valence-corrected chi connectivity index (χ0v) is 21.7. The van der Waals surface area contributed by atoms with Crippen LogP contribution in [0.1, 0.15) is 77.3 Å². The van der Waals surface area contributed by atoms with Gasteiger partial charge in [-0.25, -0.2) is 17.9 Å². The first-order valence-electron chi connectivity index (χ1n) is 11.7. The van der Waals surface area contributed by atoms with Crippen molar-refractivity contribution in [2.24, 2.45) is 11.8 Å². The summed E-state index contributed by atoms with van der Waals surface area (Å²) in [6.07, 6.45) is 5.11. The third-order valence-corrected chi connectivity index (χ3v) is 9.53. The quantitative estimate of drug-likeness (QED) is 0.421. The van der Waals surface area contributed by atoms with E-state index in [0.717, 1.165) is 31.2 Å². The minimum atomic E-state index is -3.44. The van der Waals surface area contributed by atoms with Gasteiger partial charge in [0.05, 0.1) is 5.25 Å². The van der Waals surface area contributed by atoms with Crippen LogP contribution in [-0.4, -0.2) is 41.2 Å². The van der Waals surface area contributed by atoms with Gasteiger partial charge in [-0.05, 0) is 88.7 Å². The lowest BCUT2D eigenvalue weighted by Gasteiger charge is -2.32. The van der Waals surface area contributed by atoms with E-state index in [-0.39, 0.29) is 6.04 Å². The molecule has 0 aliphatic heterocycles. The molecule has 32 heavy (non-hydrogen) atoms. The molecule has 1 aliphatic rings. The molecule has 1 aromatic rings. The van der Waals surface area contributed by atoms with Crippen LogP contribution in [0.5, 0.6) is 0 Å². The van der Waals surface area contributed by atoms with Crippen molar-refractivity contribution in [2.75, 3.05) is 13.1 Å². The molecule has 0 radical (unpaired) electrons. The Morgan fingerprint density at radius 1 is 0.875 bits per heavy atom. The standard InChI is InChI=1S/C23H41N3O4S2/c1-17(2)26-32(29,30)24-15-14-20-6-8-22(9-7-20)23-12-10-21(11-13-23)19(5)16-25-31(27,28)18(3)4/h6-9,17-19,21,23-26H,10-16H2,1-5H3. The molecule has 1 aliphatic carbocycles. The summed E-state index contributed by atoms with van der Waals surface area (Å²) in [5.74, 6) is 1.42. The van der Waals surface area contributed by atoms with Crippen LogP contribution in [0.25, 0.3) is 0 Å². The largest absolute Gasteiger partial charge is 0.277 e. The highest BCUT2D eigenvalue weighted by molar-refractivity contribution is 7.90. The van der Waals surface area contributed by atoms with Gasteiger partial charge in [-0.3, -0.25) is 0 Å². The van der Waals surface area contributed by atoms with Crippen molar-refractivity contribution < 1.29 is 16.8 Å². The van der Waals surface area contributed by atoms with Crippen molar-refractivity contribution in [1.82, 2.24) is 14.2 Å². The molecule has 3 N–H and O–H groups in total. The van der Waals surface area contributed by atoms with Gasteiger partial charge in [0, 0.05) is 19.1 Å². The molecule has 0 bridgehead atoms. The Labute approximate surface area is 195 Å². The van der Waals surface area contributed by atoms with E-state index in [4.69, 9.17) is 0 Å². The lowest BCUT2D eigenvalue weighted by Crippen LogP contribution is -2.41. The van der Waals surface area contributed by atoms with E-state index in [1.807, 2.05) is 0 Å². The smallest absolute Gasteiger partial charge is 0.215 e. The van der Waals surface area contributed by atoms with Gasteiger partial charge >= 0.3 is 0 Å². The number of benzene rings is 1. The summed E-state index contributed by atoms with van der Waals surface area (Å²) in [5.41, 5.74) is 2.45. The predicted molar refractivity (Wildman–Crippen MR) is 131 cm³/mol. The van der Waals surface area contributed by atoms with Gasteiger partial charge in [0.1, 0.15) is 0 Å². The van der Waals surface area contributed by atoms with Crippen molar-refractivity contribution in [2.45, 2.75) is 83.9 Å². The topological polar surface area (TPSA) is 104 Å². The second kappa shape index (κ2) is 11.9. The normalized spacial score (nSPS) is 21.2. The third kappa shape index (κ3) is 8.74. The average Bonchev–Trinajstić information content (AvgIpc) is 2.71. The SMILES string of the molecule is CC(C)NS(=O)(=O)NCCc1ccc(C2CCC(C(C)CNS(=O)(=O)C(C)C)CC2)cc1. The average molecular weight is 488 g/mol. The summed E-state index contributed by atoms with van der Waals surface area (Å²) in [5, 5.41) is -0.398. The molecular weight excluding hydrogens is 446 g/mol. The molecular formula is C23H41N3O4S2. The predicted octanol–water partition coefficient (Wildman–Crippen LogP) is 3.30. The number of hydrogen-bond acceptors (Lipinski definition) is 4. The van der Waals surface area contributed by atoms with Crippen LogP contribution in [0, 0.1) is 11.8 Å². The molecule has 0 amide bonds. The van der Waals surface area contributed by atoms with Crippen molar-refractivity contribution in [3.05, 3.63) is 35.4 Å². The van der Waals surface area contributed by atoms with Gasteiger partial charge in [-0.2, -0.15) is 13.1 Å². The molecule has 7 nitrogen and oxygen atoms in total. The number of nitrogens with one attached hydrogen (secondary N) is 3. The summed E-state index contributed by atoms with van der Waals surface area (Å²) in [6, 6.07) is 8.39. The molecule has 1 atom stereocenters. The van der Waals surface area contributed by atoms with Crippen LogP contribution in [0.3, 0.4) is 0 Å². The van der Waals surface area contributed by atoms with Crippen molar-refractivity contribution in [3.8, 4) is 0 Å². The van der Waals surface area contributed by atoms with E-state index in [1.165, 1.54) is 5.56 Å². The first-order chi connectivity index (χ1) is 14.9. The maximum Gasteiger partial charge on any atom is 0.277 e. The van der Waals surface area contributed by atoms with Crippen LogP contribution in [0.15, 0.2) is 24.3 Å². The molecule has 0 aromatic heterocycles. The first-order valence-corrected chi connectivity index (χ1v) is 14.8. The van der Waals surface area contributed by atoms with Crippen LogP contribution in [-0.2, 0) is 26.7 Å². The summed E-state index contributed by atoms with van der Waals surface area (Å²) >= 11 is 0. The number of hydrogen-bond donors (Lipinski definition) is 3. The van der Waals surface area contributed by atoms with E-state index in [1.54, 1.807) is 27.7 Å². The molecule has 1 saturated carbocycles. The fourth-order valence-corrected chi connectivity index (χ4v) is 6.14. The first kappa shape index (κ1) is 27.2. The Kier molecular flexibility index (Phi) is 10.2. The Morgan fingerprint density at radius 2 is 1.47 bits per heavy atom. The summed E-state index contributed by atoms with van der Waals surface area (Å²) in [6.45, 7) is 10.0. The Hall–Kier alpha value is -1.00. The third-order valence-electron chi connectivity index (χ3n) is 6.35. The second-order valence-corrected chi connectivity index (χ2v) is 13.5. The molecule has 1 aromatic carbocycles. The lowest BCUT2D eigenvalue weighted by atomic mass is 9.74. The highest BCUT2D eigenvalue weighted by Gasteiger charge is 2.27. The number of rotatable bonds is 12. The summed E-state index contributed by atoms with van der Waals surface area (Å²) in [4.78, 5) is 0. The Balaban J connectivity index is 1.78. The summed E-state index contributed by atoms with van der Waals surface area (Å²) < 4.78 is 55.5. The van der Waals surface area contributed by atoms with Crippen LogP contribution < -0.4 is 14.2 Å². The van der Waals surface area contributed by atoms with Crippen molar-refractivity contribution in [1.29, 1.82) is 0 Å². The van der Waals surface area contributed by atoms with Crippen molar-refractivity contribution in [3.63, 3.8) is 0 Å². The molecule has 0 saturated heterocycles. The lowest BCUT2D eigenvalue weighted by molar-refractivity contribution is 0.246. The van der Waals surface area contributed by atoms with Gasteiger partial charge < -0.3 is 0 Å². The van der Waals surface area contributed by atoms with Gasteiger partial charge in [0.25, 0.3) is 10.2 Å². The molecule has 9 heteroatoms. The molecule has 2 rings (SSSR count). The minimum Gasteiger partial charge on any atom is -0.215 e. The summed E-state index contributed by atoms with van der Waals surface area (Å²) in [7, 11) is -6.65. The number of sulfonamides is 1. The maximum atomic E-state index is 12.0.